The lowest BCUT2D eigenvalue weighted by Crippen LogP contribution is -2.49. The first-order valence-electron chi connectivity index (χ1n) is 9.82. The number of aryl methyl sites for hydroxylation is 1. The molecule has 4 aliphatic carbocycles. The summed E-state index contributed by atoms with van der Waals surface area (Å²) in [6.45, 7) is 4.04. The van der Waals surface area contributed by atoms with Gasteiger partial charge in [-0.15, -0.1) is 0 Å². The van der Waals surface area contributed by atoms with E-state index in [2.05, 4.69) is 13.0 Å². The lowest BCUT2D eigenvalue weighted by Gasteiger charge is -2.52. The monoisotopic (exact) mass is 390 g/mol. The van der Waals surface area contributed by atoms with Crippen LogP contribution in [0.2, 0.25) is 0 Å². The number of benzene rings is 1. The average Bonchev–Trinajstić information content (AvgIpc) is 2.63. The van der Waals surface area contributed by atoms with Gasteiger partial charge in [0.1, 0.15) is 11.4 Å². The Bertz CT molecular complexity index is 888. The largest absolute Gasteiger partial charge is 0.297 e. The van der Waals surface area contributed by atoms with Crippen molar-refractivity contribution >= 4 is 10.1 Å². The van der Waals surface area contributed by atoms with Gasteiger partial charge in [-0.1, -0.05) is 29.3 Å². The molecular weight excluding hydrogens is 363 g/mol. The molecule has 1 aromatic rings. The maximum Gasteiger partial charge on any atom is 0.297 e. The number of fused-ring (bicyclic) bond motifs is 2. The summed E-state index contributed by atoms with van der Waals surface area (Å²) < 4.78 is 46.4. The molecule has 0 radical (unpaired) electrons. The minimum absolute atomic E-state index is 0.131. The van der Waals surface area contributed by atoms with E-state index in [4.69, 9.17) is 4.18 Å². The standard InChI is InChI=1S/C22H27FO3S/c1-16-3-7-18(8-4-16)22-13-11-21(12-14-22,15-20(22)23)26-27(24,25)19-9-5-17(2)6-10-19/h3,5-6,9-10,15,18H,4,7-8,11-14H2,1-2H3. The second-order valence-corrected chi connectivity index (χ2v) is 10.1. The Labute approximate surface area is 161 Å². The fourth-order valence-electron chi connectivity index (χ4n) is 5.03. The molecule has 5 rings (SSSR count). The summed E-state index contributed by atoms with van der Waals surface area (Å²) in [6.07, 6.45) is 9.13. The molecule has 0 amide bonds. The molecule has 5 heteroatoms. The molecule has 0 aromatic heterocycles. The number of hydrogen-bond donors (Lipinski definition) is 0. The molecule has 0 heterocycles. The lowest BCUT2D eigenvalue weighted by molar-refractivity contribution is -0.0217. The van der Waals surface area contributed by atoms with Gasteiger partial charge >= 0.3 is 0 Å². The molecule has 1 fully saturated rings. The predicted octanol–water partition coefficient (Wildman–Crippen LogP) is 5.61. The normalized spacial score (nSPS) is 33.5. The van der Waals surface area contributed by atoms with Gasteiger partial charge in [0.15, 0.2) is 0 Å². The van der Waals surface area contributed by atoms with Gasteiger partial charge in [0.2, 0.25) is 0 Å². The Morgan fingerprint density at radius 2 is 1.74 bits per heavy atom. The number of rotatable bonds is 4. The number of allylic oxidation sites excluding steroid dienone is 3. The average molecular weight is 391 g/mol. The third kappa shape index (κ3) is 3.29. The summed E-state index contributed by atoms with van der Waals surface area (Å²) in [6, 6.07) is 6.59. The molecule has 1 atom stereocenters. The van der Waals surface area contributed by atoms with E-state index in [1.807, 2.05) is 6.92 Å². The van der Waals surface area contributed by atoms with Gasteiger partial charge in [-0.2, -0.15) is 8.42 Å². The Balaban J connectivity index is 1.59. The summed E-state index contributed by atoms with van der Waals surface area (Å²) in [5.41, 5.74) is 0.918. The highest BCUT2D eigenvalue weighted by molar-refractivity contribution is 7.86. The molecule has 0 aliphatic heterocycles. The van der Waals surface area contributed by atoms with Crippen LogP contribution in [0.3, 0.4) is 0 Å². The zero-order valence-corrected chi connectivity index (χ0v) is 16.8. The lowest BCUT2D eigenvalue weighted by atomic mass is 9.55. The Morgan fingerprint density at radius 3 is 2.30 bits per heavy atom. The molecule has 27 heavy (non-hydrogen) atoms. The Hall–Kier alpha value is -1.46. The van der Waals surface area contributed by atoms with Gasteiger partial charge in [-0.3, -0.25) is 4.18 Å². The van der Waals surface area contributed by atoms with E-state index >= 15 is 4.39 Å². The predicted molar refractivity (Wildman–Crippen MR) is 103 cm³/mol. The van der Waals surface area contributed by atoms with Crippen LogP contribution in [0.25, 0.3) is 0 Å². The second kappa shape index (κ2) is 6.56. The first-order valence-corrected chi connectivity index (χ1v) is 11.2. The topological polar surface area (TPSA) is 43.4 Å². The van der Waals surface area contributed by atoms with Crippen LogP contribution in [0, 0.1) is 18.3 Å². The van der Waals surface area contributed by atoms with Crippen LogP contribution in [0.5, 0.6) is 0 Å². The molecule has 0 saturated heterocycles. The van der Waals surface area contributed by atoms with Crippen molar-refractivity contribution in [3.8, 4) is 0 Å². The maximum absolute atomic E-state index is 15.3. The maximum atomic E-state index is 15.3. The fraction of sp³-hybridized carbons (Fsp3) is 0.545. The zero-order chi connectivity index (χ0) is 19.3. The van der Waals surface area contributed by atoms with Gasteiger partial charge in [0.05, 0.1) is 4.90 Å². The summed E-state index contributed by atoms with van der Waals surface area (Å²) in [7, 11) is -3.92. The minimum Gasteiger partial charge on any atom is -0.255 e. The fourth-order valence-corrected chi connectivity index (χ4v) is 6.24. The summed E-state index contributed by atoms with van der Waals surface area (Å²) in [4.78, 5) is 0.131. The third-order valence-electron chi connectivity index (χ3n) is 6.86. The third-order valence-corrected chi connectivity index (χ3v) is 8.26. The first kappa shape index (κ1) is 18.9. The molecule has 146 valence electrons. The summed E-state index contributed by atoms with van der Waals surface area (Å²) in [5, 5.41) is 0. The molecule has 1 unspecified atom stereocenters. The molecule has 1 saturated carbocycles. The molecule has 0 spiro atoms. The Kier molecular flexibility index (Phi) is 4.59. The van der Waals surface area contributed by atoms with Crippen molar-refractivity contribution < 1.29 is 17.0 Å². The van der Waals surface area contributed by atoms with E-state index in [-0.39, 0.29) is 10.7 Å². The molecule has 3 nitrogen and oxygen atoms in total. The van der Waals surface area contributed by atoms with Crippen molar-refractivity contribution in [1.82, 2.24) is 0 Å². The van der Waals surface area contributed by atoms with Crippen LogP contribution in [-0.4, -0.2) is 14.0 Å². The van der Waals surface area contributed by atoms with Crippen LogP contribution in [0.15, 0.2) is 52.7 Å². The van der Waals surface area contributed by atoms with Gasteiger partial charge in [0.25, 0.3) is 10.1 Å². The summed E-state index contributed by atoms with van der Waals surface area (Å²) in [5.74, 6) is 0.154. The highest BCUT2D eigenvalue weighted by atomic mass is 32.2. The van der Waals surface area contributed by atoms with E-state index in [1.54, 1.807) is 24.3 Å². The molecule has 1 aromatic carbocycles. The quantitative estimate of drug-likeness (QED) is 0.495. The van der Waals surface area contributed by atoms with E-state index in [1.165, 1.54) is 11.6 Å². The van der Waals surface area contributed by atoms with Crippen LogP contribution >= 0.6 is 0 Å². The van der Waals surface area contributed by atoms with Crippen molar-refractivity contribution in [3.05, 3.63) is 53.4 Å². The second-order valence-electron chi connectivity index (χ2n) is 8.59. The van der Waals surface area contributed by atoms with Crippen molar-refractivity contribution in [2.24, 2.45) is 11.3 Å². The van der Waals surface area contributed by atoms with Crippen LogP contribution in [-0.2, 0) is 14.3 Å². The highest BCUT2D eigenvalue weighted by Gasteiger charge is 2.55. The first-order chi connectivity index (χ1) is 12.7. The van der Waals surface area contributed by atoms with Crippen molar-refractivity contribution in [1.29, 1.82) is 0 Å². The molecule has 0 N–H and O–H groups in total. The Morgan fingerprint density at radius 1 is 1.07 bits per heavy atom. The van der Waals surface area contributed by atoms with Crippen LogP contribution in [0.4, 0.5) is 4.39 Å². The van der Waals surface area contributed by atoms with Crippen molar-refractivity contribution in [2.45, 2.75) is 69.3 Å². The summed E-state index contributed by atoms with van der Waals surface area (Å²) >= 11 is 0. The van der Waals surface area contributed by atoms with Crippen LogP contribution < -0.4 is 0 Å². The van der Waals surface area contributed by atoms with Gasteiger partial charge in [-0.05, 0) is 82.9 Å². The van der Waals surface area contributed by atoms with Gasteiger partial charge in [0, 0.05) is 5.41 Å². The van der Waals surface area contributed by atoms with Gasteiger partial charge in [-0.25, -0.2) is 4.39 Å². The van der Waals surface area contributed by atoms with Crippen molar-refractivity contribution in [3.63, 3.8) is 0 Å². The molecule has 4 aliphatic rings. The van der Waals surface area contributed by atoms with E-state index in [0.29, 0.717) is 31.6 Å². The molecule has 2 bridgehead atoms. The van der Waals surface area contributed by atoms with Crippen LogP contribution in [0.1, 0.15) is 57.4 Å². The highest BCUT2D eigenvalue weighted by Crippen LogP contribution is 2.60. The smallest absolute Gasteiger partial charge is 0.255 e. The zero-order valence-electron chi connectivity index (χ0n) is 16.0. The van der Waals surface area contributed by atoms with E-state index < -0.39 is 21.1 Å². The number of hydrogen-bond acceptors (Lipinski definition) is 3. The van der Waals surface area contributed by atoms with Crippen molar-refractivity contribution in [2.75, 3.05) is 0 Å². The van der Waals surface area contributed by atoms with Gasteiger partial charge < -0.3 is 0 Å². The van der Waals surface area contributed by atoms with E-state index in [0.717, 1.165) is 24.8 Å². The van der Waals surface area contributed by atoms with E-state index in [9.17, 15) is 8.42 Å². The molecular formula is C22H27FO3S. The minimum atomic E-state index is -3.92. The SMILES string of the molecule is CC1=CCC(C23CCC(OS(=O)(=O)c4ccc(C)cc4)(C=C2F)CC3)CC1. The number of halogens is 1.